The number of aromatic nitrogens is 4. The number of nitrogens with zero attached hydrogens (tertiary/aromatic N) is 4. The quantitative estimate of drug-likeness (QED) is 0.498. The Labute approximate surface area is 142 Å². The lowest BCUT2D eigenvalue weighted by atomic mass is 10.0. The first-order valence-corrected chi connectivity index (χ1v) is 7.81. The minimum absolute atomic E-state index is 0.0589. The van der Waals surface area contributed by atoms with Crippen LogP contribution in [0.4, 0.5) is 0 Å². The molecule has 0 spiro atoms. The first-order valence-electron chi connectivity index (χ1n) is 7.81. The van der Waals surface area contributed by atoms with Crippen LogP contribution in [0.3, 0.4) is 0 Å². The smallest absolute Gasteiger partial charge is 0.253 e. The molecule has 5 rings (SSSR count). The maximum atomic E-state index is 13.1. The largest absolute Gasteiger partial charge is 0.496 e. The third-order valence-corrected chi connectivity index (χ3v) is 4.44. The highest BCUT2D eigenvalue weighted by atomic mass is 16.5. The molecule has 0 saturated heterocycles. The summed E-state index contributed by atoms with van der Waals surface area (Å²) in [4.78, 5) is 21.9. The lowest BCUT2D eigenvalue weighted by Crippen LogP contribution is -2.07. The van der Waals surface area contributed by atoms with Crippen LogP contribution in [0.2, 0.25) is 0 Å². The normalized spacial score (nSPS) is 12.3. The van der Waals surface area contributed by atoms with Gasteiger partial charge in [-0.25, -0.2) is 4.98 Å². The van der Waals surface area contributed by atoms with Gasteiger partial charge in [-0.1, -0.05) is 36.4 Å². The zero-order chi connectivity index (χ0) is 17.0. The number of hydrogen-bond acceptors (Lipinski definition) is 5. The molecule has 0 radical (unpaired) electrons. The molecule has 0 fully saturated rings. The lowest BCUT2D eigenvalue weighted by molar-refractivity contribution is 0.104. The second kappa shape index (κ2) is 4.98. The highest BCUT2D eigenvalue weighted by Crippen LogP contribution is 2.42. The minimum atomic E-state index is -0.0589. The van der Waals surface area contributed by atoms with Gasteiger partial charge in [0.2, 0.25) is 0 Å². The Morgan fingerprint density at radius 2 is 1.68 bits per heavy atom. The predicted octanol–water partition coefficient (Wildman–Crippen LogP) is 3.01. The molecule has 120 valence electrons. The molecule has 2 heterocycles. The van der Waals surface area contributed by atoms with Crippen molar-refractivity contribution in [3.63, 3.8) is 0 Å². The number of fused-ring (bicyclic) bond motifs is 4. The lowest BCUT2D eigenvalue weighted by Gasteiger charge is -2.12. The van der Waals surface area contributed by atoms with Gasteiger partial charge in [0.1, 0.15) is 12.1 Å². The number of rotatable bonds is 2. The predicted molar refractivity (Wildman–Crippen MR) is 91.6 cm³/mol. The Balaban J connectivity index is 1.95. The highest BCUT2D eigenvalue weighted by Gasteiger charge is 2.34. The summed E-state index contributed by atoms with van der Waals surface area (Å²) in [7, 11) is 1.61. The third-order valence-electron chi connectivity index (χ3n) is 4.44. The summed E-state index contributed by atoms with van der Waals surface area (Å²) in [6.45, 7) is 0. The van der Waals surface area contributed by atoms with Crippen LogP contribution in [0.25, 0.3) is 28.3 Å². The van der Waals surface area contributed by atoms with Crippen molar-refractivity contribution in [3.8, 4) is 28.3 Å². The van der Waals surface area contributed by atoms with Gasteiger partial charge in [-0.2, -0.15) is 14.6 Å². The van der Waals surface area contributed by atoms with E-state index in [1.807, 2.05) is 48.5 Å². The molecular formula is C19H12N4O2. The number of hydrogen-bond donors (Lipinski definition) is 0. The number of methoxy groups -OCH3 is 1. The summed E-state index contributed by atoms with van der Waals surface area (Å²) in [6, 6.07) is 15.0. The number of carbonyl (C=O) groups excluding carboxylic acids is 1. The first kappa shape index (κ1) is 13.9. The second-order valence-electron chi connectivity index (χ2n) is 5.73. The zero-order valence-electron chi connectivity index (χ0n) is 13.3. The Kier molecular flexibility index (Phi) is 2.76. The van der Waals surface area contributed by atoms with Crippen molar-refractivity contribution in [3.05, 3.63) is 66.0 Å². The summed E-state index contributed by atoms with van der Waals surface area (Å²) in [6.07, 6.45) is 1.44. The summed E-state index contributed by atoms with van der Waals surface area (Å²) in [5.74, 6) is 1.05. The van der Waals surface area contributed by atoms with Crippen LogP contribution >= 0.6 is 0 Å². The van der Waals surface area contributed by atoms with Crippen molar-refractivity contribution in [2.75, 3.05) is 7.11 Å². The summed E-state index contributed by atoms with van der Waals surface area (Å²) in [5, 5.41) is 4.28. The molecule has 1 aliphatic rings. The van der Waals surface area contributed by atoms with E-state index in [0.717, 1.165) is 11.1 Å². The van der Waals surface area contributed by atoms with Crippen molar-refractivity contribution in [2.45, 2.75) is 0 Å². The van der Waals surface area contributed by atoms with Crippen molar-refractivity contribution in [1.29, 1.82) is 0 Å². The Hall–Kier alpha value is -3.54. The van der Waals surface area contributed by atoms with Gasteiger partial charge >= 0.3 is 0 Å². The Morgan fingerprint density at radius 3 is 2.48 bits per heavy atom. The van der Waals surface area contributed by atoms with Gasteiger partial charge in [0, 0.05) is 16.7 Å². The van der Waals surface area contributed by atoms with Gasteiger partial charge < -0.3 is 4.74 Å². The average Bonchev–Trinajstić information content (AvgIpc) is 3.24. The minimum Gasteiger partial charge on any atom is -0.496 e. The first-order chi connectivity index (χ1) is 12.3. The maximum absolute atomic E-state index is 13.1. The van der Waals surface area contributed by atoms with Crippen LogP contribution in [0.5, 0.6) is 5.75 Å². The molecule has 2 aromatic heterocycles. The molecule has 0 atom stereocenters. The molecule has 2 aromatic carbocycles. The van der Waals surface area contributed by atoms with E-state index in [-0.39, 0.29) is 5.78 Å². The number of ketones is 1. The maximum Gasteiger partial charge on any atom is 0.253 e. The topological polar surface area (TPSA) is 69.4 Å². The number of para-hydroxylation sites is 1. The van der Waals surface area contributed by atoms with Crippen LogP contribution in [0, 0.1) is 0 Å². The van der Waals surface area contributed by atoms with E-state index < -0.39 is 0 Å². The zero-order valence-corrected chi connectivity index (χ0v) is 13.3. The molecule has 0 saturated carbocycles. The van der Waals surface area contributed by atoms with E-state index in [1.54, 1.807) is 11.6 Å². The average molecular weight is 328 g/mol. The molecule has 25 heavy (non-hydrogen) atoms. The van der Waals surface area contributed by atoms with Crippen LogP contribution in [0.15, 0.2) is 54.9 Å². The van der Waals surface area contributed by atoms with E-state index in [2.05, 4.69) is 15.1 Å². The molecule has 0 aliphatic heterocycles. The van der Waals surface area contributed by atoms with Crippen molar-refractivity contribution >= 4 is 11.6 Å². The number of benzene rings is 2. The van der Waals surface area contributed by atoms with Crippen LogP contribution in [0.1, 0.15) is 15.9 Å². The fourth-order valence-electron chi connectivity index (χ4n) is 3.36. The molecule has 0 unspecified atom stereocenters. The molecule has 0 N–H and O–H groups in total. The van der Waals surface area contributed by atoms with Crippen LogP contribution in [-0.4, -0.2) is 32.5 Å². The molecule has 6 nitrogen and oxygen atoms in total. The molecule has 1 aliphatic carbocycles. The van der Waals surface area contributed by atoms with E-state index in [9.17, 15) is 4.79 Å². The van der Waals surface area contributed by atoms with E-state index in [1.165, 1.54) is 6.33 Å². The Morgan fingerprint density at radius 1 is 0.960 bits per heavy atom. The number of ether oxygens (including phenoxy) is 1. The van der Waals surface area contributed by atoms with Gasteiger partial charge in [-0.05, 0) is 12.1 Å². The van der Waals surface area contributed by atoms with E-state index >= 15 is 0 Å². The molecule has 4 aromatic rings. The fraction of sp³-hybridized carbons (Fsp3) is 0.0526. The van der Waals surface area contributed by atoms with E-state index in [4.69, 9.17) is 4.74 Å². The summed E-state index contributed by atoms with van der Waals surface area (Å²) < 4.78 is 7.10. The van der Waals surface area contributed by atoms with Gasteiger partial charge in [0.25, 0.3) is 5.78 Å². The highest BCUT2D eigenvalue weighted by molar-refractivity contribution is 6.24. The van der Waals surface area contributed by atoms with Gasteiger partial charge in [-0.15, -0.1) is 0 Å². The van der Waals surface area contributed by atoms with Gasteiger partial charge in [0.15, 0.2) is 5.78 Å². The standard InChI is InChI=1S/C19H12N4O2/c1-25-14-9-5-4-8-13(14)17-15-16(22-19-20-10-21-23(17)19)11-6-2-3-7-12(11)18(15)24/h2-10H,1H3. The third kappa shape index (κ3) is 1.79. The molecule has 0 bridgehead atoms. The van der Waals surface area contributed by atoms with Crippen molar-refractivity contribution < 1.29 is 9.53 Å². The molecule has 6 heteroatoms. The monoisotopic (exact) mass is 328 g/mol. The summed E-state index contributed by atoms with van der Waals surface area (Å²) in [5.41, 5.74) is 4.07. The van der Waals surface area contributed by atoms with Crippen LogP contribution in [-0.2, 0) is 0 Å². The molecule has 0 amide bonds. The van der Waals surface area contributed by atoms with E-state index in [0.29, 0.717) is 34.0 Å². The summed E-state index contributed by atoms with van der Waals surface area (Å²) >= 11 is 0. The second-order valence-corrected chi connectivity index (χ2v) is 5.73. The van der Waals surface area contributed by atoms with Crippen molar-refractivity contribution in [2.24, 2.45) is 0 Å². The van der Waals surface area contributed by atoms with Gasteiger partial charge in [-0.3, -0.25) is 4.79 Å². The van der Waals surface area contributed by atoms with Gasteiger partial charge in [0.05, 0.1) is 24.1 Å². The SMILES string of the molecule is COc1ccccc1-c1c2c(nc3ncnn13)-c1ccccc1C2=O. The van der Waals surface area contributed by atoms with Crippen molar-refractivity contribution in [1.82, 2.24) is 19.6 Å². The molecular weight excluding hydrogens is 316 g/mol. The Bertz CT molecular complexity index is 1160. The van der Waals surface area contributed by atoms with Crippen LogP contribution < -0.4 is 4.74 Å². The fourth-order valence-corrected chi connectivity index (χ4v) is 3.36. The number of carbonyl (C=O) groups is 1.